The summed E-state index contributed by atoms with van der Waals surface area (Å²) >= 11 is 0. The Morgan fingerprint density at radius 1 is 1.27 bits per heavy atom. The van der Waals surface area contributed by atoms with Crippen molar-refractivity contribution >= 4 is 5.78 Å². The quantitative estimate of drug-likeness (QED) is 0.650. The lowest BCUT2D eigenvalue weighted by Crippen LogP contribution is -2.44. The summed E-state index contributed by atoms with van der Waals surface area (Å²) < 4.78 is 5.38. The van der Waals surface area contributed by atoms with E-state index in [1.807, 2.05) is 0 Å². The number of rotatable bonds is 2. The summed E-state index contributed by atoms with van der Waals surface area (Å²) in [5.41, 5.74) is 0. The van der Waals surface area contributed by atoms with E-state index in [1.165, 1.54) is 12.8 Å². The molecular weight excluding hydrogens is 190 g/mol. The number of ether oxygens (including phenoxy) is 1. The molecule has 0 aromatic rings. The molecule has 1 aliphatic heterocycles. The topological polar surface area (TPSA) is 29.5 Å². The molecule has 3 nitrogen and oxygen atoms in total. The average Bonchev–Trinajstić information content (AvgIpc) is 2.68. The van der Waals surface area contributed by atoms with E-state index >= 15 is 0 Å². The molecule has 2 rings (SSSR count). The number of carbonyl (C=O) groups is 1. The predicted octanol–water partition coefficient (Wildman–Crippen LogP) is 1.61. The van der Waals surface area contributed by atoms with Gasteiger partial charge in [-0.15, -0.1) is 0 Å². The van der Waals surface area contributed by atoms with Gasteiger partial charge in [0.25, 0.3) is 0 Å². The number of hydrogen-bond acceptors (Lipinski definition) is 3. The molecule has 86 valence electrons. The number of hydrogen-bond donors (Lipinski definition) is 0. The third kappa shape index (κ3) is 2.58. The highest BCUT2D eigenvalue weighted by Crippen LogP contribution is 2.22. The van der Waals surface area contributed by atoms with Gasteiger partial charge in [0.2, 0.25) is 0 Å². The van der Waals surface area contributed by atoms with Crippen molar-refractivity contribution in [1.29, 1.82) is 0 Å². The number of Topliss-reactive ketones (excluding diaryl/α,β-unsaturated/α-hetero) is 1. The monoisotopic (exact) mass is 211 g/mol. The van der Waals surface area contributed by atoms with Crippen LogP contribution in [0.5, 0.6) is 0 Å². The minimum absolute atomic E-state index is 0.166. The lowest BCUT2D eigenvalue weighted by atomic mass is 10.0. The summed E-state index contributed by atoms with van der Waals surface area (Å²) in [7, 11) is 2.09. The van der Waals surface area contributed by atoms with Crippen molar-refractivity contribution in [3.05, 3.63) is 0 Å². The van der Waals surface area contributed by atoms with Gasteiger partial charge in [-0.3, -0.25) is 9.69 Å². The van der Waals surface area contributed by atoms with Crippen molar-refractivity contribution < 1.29 is 9.53 Å². The molecule has 0 spiro atoms. The fourth-order valence-corrected chi connectivity index (χ4v) is 2.67. The summed E-state index contributed by atoms with van der Waals surface area (Å²) in [6, 6.07) is 0.635. The Balaban J connectivity index is 1.96. The zero-order valence-corrected chi connectivity index (χ0v) is 9.58. The number of carbonyl (C=O) groups excluding carboxylic acids is 1. The zero-order valence-electron chi connectivity index (χ0n) is 9.58. The van der Waals surface area contributed by atoms with Crippen molar-refractivity contribution in [2.45, 2.75) is 50.6 Å². The second kappa shape index (κ2) is 5.08. The van der Waals surface area contributed by atoms with Gasteiger partial charge in [0.05, 0.1) is 12.6 Å². The van der Waals surface area contributed by atoms with Crippen molar-refractivity contribution in [2.24, 2.45) is 0 Å². The lowest BCUT2D eigenvalue weighted by molar-refractivity contribution is -0.124. The van der Waals surface area contributed by atoms with Gasteiger partial charge >= 0.3 is 0 Å². The van der Waals surface area contributed by atoms with E-state index in [0.717, 1.165) is 38.9 Å². The van der Waals surface area contributed by atoms with Crippen LogP contribution in [0.1, 0.15) is 38.5 Å². The summed E-state index contributed by atoms with van der Waals surface area (Å²) in [5.74, 6) is 0.446. The van der Waals surface area contributed by atoms with E-state index in [-0.39, 0.29) is 6.04 Å². The third-order valence-corrected chi connectivity index (χ3v) is 3.75. The van der Waals surface area contributed by atoms with E-state index in [0.29, 0.717) is 11.8 Å². The third-order valence-electron chi connectivity index (χ3n) is 3.75. The summed E-state index contributed by atoms with van der Waals surface area (Å²) in [6.07, 6.45) is 6.42. The van der Waals surface area contributed by atoms with Crippen LogP contribution in [0.15, 0.2) is 0 Å². The van der Waals surface area contributed by atoms with Crippen LogP contribution in [0, 0.1) is 0 Å². The van der Waals surface area contributed by atoms with E-state index < -0.39 is 0 Å². The second-order valence-corrected chi connectivity index (χ2v) is 4.76. The maximum absolute atomic E-state index is 11.9. The molecule has 1 saturated heterocycles. The largest absolute Gasteiger partial charge is 0.380 e. The molecule has 0 N–H and O–H groups in total. The van der Waals surface area contributed by atoms with Crippen LogP contribution >= 0.6 is 0 Å². The smallest absolute Gasteiger partial charge is 0.149 e. The first kappa shape index (κ1) is 11.1. The van der Waals surface area contributed by atoms with E-state index in [9.17, 15) is 4.79 Å². The number of ketones is 1. The SMILES string of the molecule is CN(C1CCOC1)C1CCCCCC1=O. The maximum atomic E-state index is 11.9. The highest BCUT2D eigenvalue weighted by Gasteiger charge is 2.30. The van der Waals surface area contributed by atoms with E-state index in [1.54, 1.807) is 0 Å². The minimum atomic E-state index is 0.166. The fourth-order valence-electron chi connectivity index (χ4n) is 2.67. The van der Waals surface area contributed by atoms with Gasteiger partial charge in [-0.05, 0) is 26.3 Å². The van der Waals surface area contributed by atoms with Crippen LogP contribution in [0.4, 0.5) is 0 Å². The maximum Gasteiger partial charge on any atom is 0.149 e. The Kier molecular flexibility index (Phi) is 3.76. The molecule has 0 amide bonds. The molecule has 0 radical (unpaired) electrons. The number of nitrogens with zero attached hydrogens (tertiary/aromatic N) is 1. The highest BCUT2D eigenvalue weighted by atomic mass is 16.5. The Bertz CT molecular complexity index is 224. The zero-order chi connectivity index (χ0) is 10.7. The normalized spacial score (nSPS) is 33.3. The lowest BCUT2D eigenvalue weighted by Gasteiger charge is -2.30. The van der Waals surface area contributed by atoms with Gasteiger partial charge in [-0.1, -0.05) is 12.8 Å². The minimum Gasteiger partial charge on any atom is -0.380 e. The molecule has 1 aliphatic carbocycles. The molecule has 15 heavy (non-hydrogen) atoms. The van der Waals surface area contributed by atoms with Gasteiger partial charge in [-0.2, -0.15) is 0 Å². The molecule has 2 atom stereocenters. The molecular formula is C12H21NO2. The predicted molar refractivity (Wildman–Crippen MR) is 58.9 cm³/mol. The molecule has 3 heteroatoms. The Morgan fingerprint density at radius 3 is 2.87 bits per heavy atom. The van der Waals surface area contributed by atoms with Crippen LogP contribution in [0.2, 0.25) is 0 Å². The fraction of sp³-hybridized carbons (Fsp3) is 0.917. The summed E-state index contributed by atoms with van der Waals surface area (Å²) in [6.45, 7) is 1.66. The van der Waals surface area contributed by atoms with Crippen LogP contribution in [-0.4, -0.2) is 43.0 Å². The molecule has 0 bridgehead atoms. The average molecular weight is 211 g/mol. The molecule has 2 fully saturated rings. The standard InChI is InChI=1S/C12H21NO2/c1-13(10-7-8-15-9-10)11-5-3-2-4-6-12(11)14/h10-11H,2-9H2,1H3. The van der Waals surface area contributed by atoms with Crippen molar-refractivity contribution in [1.82, 2.24) is 4.90 Å². The summed E-state index contributed by atoms with van der Waals surface area (Å²) in [4.78, 5) is 14.2. The first-order valence-corrected chi connectivity index (χ1v) is 6.11. The molecule has 2 unspecified atom stereocenters. The van der Waals surface area contributed by atoms with Crippen molar-refractivity contribution in [3.8, 4) is 0 Å². The molecule has 1 saturated carbocycles. The first-order chi connectivity index (χ1) is 7.29. The van der Waals surface area contributed by atoms with Crippen LogP contribution in [-0.2, 0) is 9.53 Å². The van der Waals surface area contributed by atoms with Crippen molar-refractivity contribution in [3.63, 3.8) is 0 Å². The highest BCUT2D eigenvalue weighted by molar-refractivity contribution is 5.84. The first-order valence-electron chi connectivity index (χ1n) is 6.11. The van der Waals surface area contributed by atoms with Gasteiger partial charge in [0.1, 0.15) is 5.78 Å². The van der Waals surface area contributed by atoms with Gasteiger partial charge in [0.15, 0.2) is 0 Å². The number of likely N-dealkylation sites (N-methyl/N-ethyl adjacent to an activating group) is 1. The van der Waals surface area contributed by atoms with E-state index in [4.69, 9.17) is 4.74 Å². The van der Waals surface area contributed by atoms with E-state index in [2.05, 4.69) is 11.9 Å². The summed E-state index contributed by atoms with van der Waals surface area (Å²) in [5, 5.41) is 0. The van der Waals surface area contributed by atoms with Crippen LogP contribution in [0.25, 0.3) is 0 Å². The Hall–Kier alpha value is -0.410. The van der Waals surface area contributed by atoms with Gasteiger partial charge < -0.3 is 4.74 Å². The van der Waals surface area contributed by atoms with Gasteiger partial charge in [0, 0.05) is 19.1 Å². The molecule has 1 heterocycles. The second-order valence-electron chi connectivity index (χ2n) is 4.76. The van der Waals surface area contributed by atoms with Crippen LogP contribution < -0.4 is 0 Å². The Morgan fingerprint density at radius 2 is 2.13 bits per heavy atom. The van der Waals surface area contributed by atoms with Crippen LogP contribution in [0.3, 0.4) is 0 Å². The van der Waals surface area contributed by atoms with Gasteiger partial charge in [-0.25, -0.2) is 0 Å². The Labute approximate surface area is 91.8 Å². The molecule has 2 aliphatic rings. The molecule has 0 aromatic carbocycles. The molecule has 0 aromatic heterocycles. The van der Waals surface area contributed by atoms with Crippen molar-refractivity contribution in [2.75, 3.05) is 20.3 Å².